The third-order valence-corrected chi connectivity index (χ3v) is 3.42. The van der Waals surface area contributed by atoms with Crippen molar-refractivity contribution >= 4 is 23.6 Å². The van der Waals surface area contributed by atoms with E-state index in [-0.39, 0.29) is 6.09 Å². The molecule has 0 radical (unpaired) electrons. The average molecular weight is 281 g/mol. The standard InChI is InChI=1S/C17H15NO3/c1-18-15-6-4-3-5-14(15)16(21-17(18)19)11-12-7-9-13(20-2)10-8-12/h3-11H,1-2H3/b16-11-. The summed E-state index contributed by atoms with van der Waals surface area (Å²) in [5.74, 6) is 1.34. The van der Waals surface area contributed by atoms with Crippen molar-refractivity contribution in [1.29, 1.82) is 0 Å². The number of benzene rings is 2. The molecule has 0 bridgehead atoms. The monoisotopic (exact) mass is 281 g/mol. The summed E-state index contributed by atoms with van der Waals surface area (Å²) in [6, 6.07) is 15.2. The van der Waals surface area contributed by atoms with Crippen LogP contribution < -0.4 is 9.64 Å². The number of para-hydroxylation sites is 1. The molecule has 0 saturated heterocycles. The van der Waals surface area contributed by atoms with Gasteiger partial charge in [-0.05, 0) is 35.9 Å². The van der Waals surface area contributed by atoms with Gasteiger partial charge in [0.2, 0.25) is 0 Å². The van der Waals surface area contributed by atoms with Gasteiger partial charge >= 0.3 is 6.09 Å². The summed E-state index contributed by atoms with van der Waals surface area (Å²) in [7, 11) is 3.33. The molecule has 0 unspecified atom stereocenters. The van der Waals surface area contributed by atoms with Gasteiger partial charge in [-0.25, -0.2) is 4.79 Å². The maximum Gasteiger partial charge on any atom is 0.419 e. The van der Waals surface area contributed by atoms with Gasteiger partial charge in [0.1, 0.15) is 11.5 Å². The summed E-state index contributed by atoms with van der Waals surface area (Å²) in [6.07, 6.45) is 1.47. The number of hydrogen-bond acceptors (Lipinski definition) is 3. The molecule has 0 fully saturated rings. The van der Waals surface area contributed by atoms with E-state index in [1.165, 1.54) is 4.90 Å². The number of amides is 1. The van der Waals surface area contributed by atoms with Gasteiger partial charge in [-0.2, -0.15) is 0 Å². The van der Waals surface area contributed by atoms with Crippen LogP contribution in [0.3, 0.4) is 0 Å². The molecule has 0 atom stereocenters. The van der Waals surface area contributed by atoms with E-state index in [4.69, 9.17) is 9.47 Å². The van der Waals surface area contributed by atoms with E-state index in [9.17, 15) is 4.79 Å². The molecule has 106 valence electrons. The first-order chi connectivity index (χ1) is 10.2. The molecule has 0 saturated carbocycles. The fourth-order valence-electron chi connectivity index (χ4n) is 2.25. The molecule has 0 spiro atoms. The predicted octanol–water partition coefficient (Wildman–Crippen LogP) is 3.78. The van der Waals surface area contributed by atoms with Crippen molar-refractivity contribution in [2.45, 2.75) is 0 Å². The highest BCUT2D eigenvalue weighted by Gasteiger charge is 2.25. The minimum Gasteiger partial charge on any atom is -0.497 e. The van der Waals surface area contributed by atoms with Crippen LogP contribution in [0.2, 0.25) is 0 Å². The number of fused-ring (bicyclic) bond motifs is 1. The Morgan fingerprint density at radius 2 is 1.81 bits per heavy atom. The van der Waals surface area contributed by atoms with Gasteiger partial charge in [-0.3, -0.25) is 4.90 Å². The third kappa shape index (κ3) is 2.48. The van der Waals surface area contributed by atoms with E-state index in [2.05, 4.69) is 0 Å². The maximum atomic E-state index is 11.9. The molecule has 4 heteroatoms. The van der Waals surface area contributed by atoms with Crippen LogP contribution in [-0.2, 0) is 4.74 Å². The zero-order chi connectivity index (χ0) is 14.8. The number of ether oxygens (including phenoxy) is 2. The third-order valence-electron chi connectivity index (χ3n) is 3.42. The van der Waals surface area contributed by atoms with Crippen molar-refractivity contribution < 1.29 is 14.3 Å². The number of carbonyl (C=O) groups is 1. The molecule has 2 aromatic rings. The van der Waals surface area contributed by atoms with Crippen LogP contribution in [-0.4, -0.2) is 20.3 Å². The lowest BCUT2D eigenvalue weighted by molar-refractivity contribution is 0.199. The van der Waals surface area contributed by atoms with E-state index >= 15 is 0 Å². The molecule has 21 heavy (non-hydrogen) atoms. The first-order valence-corrected chi connectivity index (χ1v) is 6.60. The summed E-state index contributed by atoms with van der Waals surface area (Å²) in [6.45, 7) is 0. The van der Waals surface area contributed by atoms with Crippen molar-refractivity contribution in [3.05, 3.63) is 59.7 Å². The smallest absolute Gasteiger partial charge is 0.419 e. The minimum absolute atomic E-state index is 0.381. The molecular weight excluding hydrogens is 266 g/mol. The molecule has 1 amide bonds. The number of cyclic esters (lactones) is 1. The number of hydrogen-bond donors (Lipinski definition) is 0. The molecule has 0 aliphatic carbocycles. The van der Waals surface area contributed by atoms with Gasteiger partial charge in [0.25, 0.3) is 0 Å². The van der Waals surface area contributed by atoms with Crippen LogP contribution in [0, 0.1) is 0 Å². The molecule has 0 aromatic heterocycles. The summed E-state index contributed by atoms with van der Waals surface area (Å²) in [4.78, 5) is 13.4. The molecule has 1 heterocycles. The van der Waals surface area contributed by atoms with Crippen LogP contribution in [0.1, 0.15) is 11.1 Å². The normalized spacial score (nSPS) is 15.6. The Balaban J connectivity index is 2.03. The Kier molecular flexibility index (Phi) is 3.36. The summed E-state index contributed by atoms with van der Waals surface area (Å²) >= 11 is 0. The molecule has 1 aliphatic rings. The number of methoxy groups -OCH3 is 1. The van der Waals surface area contributed by atoms with Crippen molar-refractivity contribution in [3.8, 4) is 5.75 Å². The van der Waals surface area contributed by atoms with E-state index in [1.54, 1.807) is 14.2 Å². The molecule has 2 aromatic carbocycles. The molecular formula is C17H15NO3. The van der Waals surface area contributed by atoms with Crippen LogP contribution >= 0.6 is 0 Å². The number of anilines is 1. The lowest BCUT2D eigenvalue weighted by Crippen LogP contribution is -2.31. The van der Waals surface area contributed by atoms with Crippen molar-refractivity contribution in [3.63, 3.8) is 0 Å². The Hall–Kier alpha value is -2.75. The van der Waals surface area contributed by atoms with Gasteiger partial charge in [0, 0.05) is 12.6 Å². The lowest BCUT2D eigenvalue weighted by atomic mass is 10.1. The van der Waals surface area contributed by atoms with Gasteiger partial charge in [0.15, 0.2) is 0 Å². The van der Waals surface area contributed by atoms with E-state index in [0.29, 0.717) is 5.76 Å². The van der Waals surface area contributed by atoms with Crippen LogP contribution in [0.15, 0.2) is 48.5 Å². The van der Waals surface area contributed by atoms with Crippen LogP contribution in [0.5, 0.6) is 5.75 Å². The van der Waals surface area contributed by atoms with Crippen molar-refractivity contribution in [2.24, 2.45) is 0 Å². The number of nitrogens with zero attached hydrogens (tertiary/aromatic N) is 1. The largest absolute Gasteiger partial charge is 0.497 e. The fraction of sp³-hybridized carbons (Fsp3) is 0.118. The molecule has 3 rings (SSSR count). The minimum atomic E-state index is -0.381. The SMILES string of the molecule is COc1ccc(/C=C2\OC(=O)N(C)c3ccccc32)cc1. The van der Waals surface area contributed by atoms with Crippen molar-refractivity contribution in [2.75, 3.05) is 19.1 Å². The molecule has 1 aliphatic heterocycles. The molecule has 4 nitrogen and oxygen atoms in total. The highest BCUT2D eigenvalue weighted by Crippen LogP contribution is 2.34. The zero-order valence-electron chi connectivity index (χ0n) is 11.9. The second-order valence-electron chi connectivity index (χ2n) is 4.73. The van der Waals surface area contributed by atoms with E-state index in [0.717, 1.165) is 22.6 Å². The van der Waals surface area contributed by atoms with Gasteiger partial charge in [-0.15, -0.1) is 0 Å². The zero-order valence-corrected chi connectivity index (χ0v) is 11.9. The predicted molar refractivity (Wildman–Crippen MR) is 82.2 cm³/mol. The second kappa shape index (κ2) is 5.32. The number of rotatable bonds is 2. The molecule has 0 N–H and O–H groups in total. The topological polar surface area (TPSA) is 38.8 Å². The highest BCUT2D eigenvalue weighted by molar-refractivity contribution is 6.01. The summed E-state index contributed by atoms with van der Waals surface area (Å²) < 4.78 is 10.5. The highest BCUT2D eigenvalue weighted by atomic mass is 16.6. The van der Waals surface area contributed by atoms with Gasteiger partial charge in [0.05, 0.1) is 12.8 Å². The van der Waals surface area contributed by atoms with E-state index in [1.807, 2.05) is 54.6 Å². The van der Waals surface area contributed by atoms with Crippen LogP contribution in [0.25, 0.3) is 11.8 Å². The first kappa shape index (κ1) is 13.2. The first-order valence-electron chi connectivity index (χ1n) is 6.60. The fourth-order valence-corrected chi connectivity index (χ4v) is 2.25. The Bertz CT molecular complexity index is 704. The summed E-state index contributed by atoms with van der Waals surface area (Å²) in [5.41, 5.74) is 2.68. The quantitative estimate of drug-likeness (QED) is 0.841. The summed E-state index contributed by atoms with van der Waals surface area (Å²) in [5, 5.41) is 0. The average Bonchev–Trinajstić information content (AvgIpc) is 2.53. The lowest BCUT2D eigenvalue weighted by Gasteiger charge is -2.26. The second-order valence-corrected chi connectivity index (χ2v) is 4.73. The van der Waals surface area contributed by atoms with Gasteiger partial charge in [-0.1, -0.05) is 24.3 Å². The van der Waals surface area contributed by atoms with Crippen LogP contribution in [0.4, 0.5) is 10.5 Å². The Morgan fingerprint density at radius 3 is 2.52 bits per heavy atom. The van der Waals surface area contributed by atoms with Gasteiger partial charge < -0.3 is 9.47 Å². The Morgan fingerprint density at radius 1 is 1.10 bits per heavy atom. The van der Waals surface area contributed by atoms with Crippen molar-refractivity contribution in [1.82, 2.24) is 0 Å². The maximum absolute atomic E-state index is 11.9. The van der Waals surface area contributed by atoms with E-state index < -0.39 is 0 Å². The Labute approximate surface area is 123 Å². The number of carbonyl (C=O) groups excluding carboxylic acids is 1.